The molecule has 0 heterocycles. The lowest BCUT2D eigenvalue weighted by molar-refractivity contribution is -0.122. The zero-order valence-corrected chi connectivity index (χ0v) is 9.93. The van der Waals surface area contributed by atoms with Crippen molar-refractivity contribution in [2.24, 2.45) is 0 Å². The summed E-state index contributed by atoms with van der Waals surface area (Å²) in [6.07, 6.45) is 3.87. The van der Waals surface area contributed by atoms with Crippen molar-refractivity contribution in [1.82, 2.24) is 5.32 Å². The molecule has 92 valence electrons. The molecule has 1 amide bonds. The normalized spacial score (nSPS) is 24.3. The van der Waals surface area contributed by atoms with Crippen LogP contribution in [0.3, 0.4) is 0 Å². The van der Waals surface area contributed by atoms with Crippen LogP contribution in [0, 0.1) is 0 Å². The number of nitrogens with one attached hydrogen (secondary N) is 1. The van der Waals surface area contributed by atoms with E-state index in [1.54, 1.807) is 0 Å². The minimum atomic E-state index is -0.372. The molecular weight excluding hydrogens is 214 g/mol. The third-order valence-electron chi connectivity index (χ3n) is 3.28. The highest BCUT2D eigenvalue weighted by molar-refractivity contribution is 5.78. The van der Waals surface area contributed by atoms with Crippen LogP contribution in [-0.2, 0) is 11.2 Å². The van der Waals surface area contributed by atoms with E-state index in [4.69, 9.17) is 0 Å². The first-order valence-corrected chi connectivity index (χ1v) is 6.27. The first-order valence-electron chi connectivity index (χ1n) is 6.27. The Morgan fingerprint density at radius 3 is 2.65 bits per heavy atom. The SMILES string of the molecule is O=C(Cc1ccccc1)NC1CCCCC1O. The Kier molecular flexibility index (Phi) is 4.15. The number of hydrogen-bond donors (Lipinski definition) is 2. The Bertz CT molecular complexity index is 364. The third-order valence-corrected chi connectivity index (χ3v) is 3.28. The maximum Gasteiger partial charge on any atom is 0.224 e. The average molecular weight is 233 g/mol. The molecule has 0 spiro atoms. The number of aliphatic hydroxyl groups is 1. The molecule has 0 aromatic heterocycles. The van der Waals surface area contributed by atoms with E-state index in [1.807, 2.05) is 30.3 Å². The maximum absolute atomic E-state index is 11.8. The maximum atomic E-state index is 11.8. The van der Waals surface area contributed by atoms with Gasteiger partial charge in [-0.15, -0.1) is 0 Å². The first-order chi connectivity index (χ1) is 8.25. The number of carbonyl (C=O) groups is 1. The van der Waals surface area contributed by atoms with Gasteiger partial charge in [0.05, 0.1) is 18.6 Å². The van der Waals surface area contributed by atoms with Gasteiger partial charge in [0.2, 0.25) is 5.91 Å². The minimum Gasteiger partial charge on any atom is -0.391 e. The van der Waals surface area contributed by atoms with E-state index in [-0.39, 0.29) is 18.1 Å². The molecule has 3 nitrogen and oxygen atoms in total. The zero-order valence-electron chi connectivity index (χ0n) is 9.93. The quantitative estimate of drug-likeness (QED) is 0.834. The van der Waals surface area contributed by atoms with Crippen molar-refractivity contribution in [3.05, 3.63) is 35.9 Å². The van der Waals surface area contributed by atoms with Gasteiger partial charge in [-0.25, -0.2) is 0 Å². The van der Waals surface area contributed by atoms with E-state index in [2.05, 4.69) is 5.32 Å². The summed E-state index contributed by atoms with van der Waals surface area (Å²) in [4.78, 5) is 11.8. The summed E-state index contributed by atoms with van der Waals surface area (Å²) in [6, 6.07) is 9.62. The summed E-state index contributed by atoms with van der Waals surface area (Å²) in [5.74, 6) is 0.00199. The van der Waals surface area contributed by atoms with E-state index in [0.29, 0.717) is 6.42 Å². The molecule has 17 heavy (non-hydrogen) atoms. The van der Waals surface area contributed by atoms with E-state index in [9.17, 15) is 9.90 Å². The van der Waals surface area contributed by atoms with Crippen LogP contribution in [0.15, 0.2) is 30.3 Å². The Balaban J connectivity index is 1.84. The number of rotatable bonds is 3. The van der Waals surface area contributed by atoms with E-state index in [1.165, 1.54) is 0 Å². The smallest absolute Gasteiger partial charge is 0.224 e. The average Bonchev–Trinajstić information content (AvgIpc) is 2.33. The standard InChI is InChI=1S/C14H19NO2/c16-13-9-5-4-8-12(13)15-14(17)10-11-6-2-1-3-7-11/h1-3,6-7,12-13,16H,4-5,8-10H2,(H,15,17). The molecule has 1 aromatic carbocycles. The fourth-order valence-electron chi connectivity index (χ4n) is 2.32. The van der Waals surface area contributed by atoms with Crippen LogP contribution in [0.5, 0.6) is 0 Å². The Labute approximate surface area is 102 Å². The van der Waals surface area contributed by atoms with E-state index >= 15 is 0 Å². The summed E-state index contributed by atoms with van der Waals surface area (Å²) in [6.45, 7) is 0. The van der Waals surface area contributed by atoms with Crippen molar-refractivity contribution in [2.75, 3.05) is 0 Å². The predicted octanol–water partition coefficient (Wildman–Crippen LogP) is 1.65. The summed E-state index contributed by atoms with van der Waals surface area (Å²) < 4.78 is 0. The summed E-state index contributed by atoms with van der Waals surface area (Å²) >= 11 is 0. The fourth-order valence-corrected chi connectivity index (χ4v) is 2.32. The largest absolute Gasteiger partial charge is 0.391 e. The second-order valence-corrected chi connectivity index (χ2v) is 4.69. The van der Waals surface area contributed by atoms with Crippen molar-refractivity contribution in [3.8, 4) is 0 Å². The Morgan fingerprint density at radius 1 is 1.24 bits per heavy atom. The van der Waals surface area contributed by atoms with Crippen molar-refractivity contribution in [2.45, 2.75) is 44.2 Å². The number of hydrogen-bond acceptors (Lipinski definition) is 2. The molecule has 1 saturated carbocycles. The monoisotopic (exact) mass is 233 g/mol. The van der Waals surface area contributed by atoms with Crippen molar-refractivity contribution in [3.63, 3.8) is 0 Å². The minimum absolute atomic E-state index is 0.00199. The highest BCUT2D eigenvalue weighted by atomic mass is 16.3. The molecule has 2 rings (SSSR count). The van der Waals surface area contributed by atoms with Crippen LogP contribution >= 0.6 is 0 Å². The van der Waals surface area contributed by atoms with Gasteiger partial charge in [0.15, 0.2) is 0 Å². The molecule has 0 saturated heterocycles. The summed E-state index contributed by atoms with van der Waals surface area (Å²) in [7, 11) is 0. The van der Waals surface area contributed by atoms with Crippen molar-refractivity contribution < 1.29 is 9.90 Å². The van der Waals surface area contributed by atoms with Gasteiger partial charge in [0, 0.05) is 0 Å². The number of aliphatic hydroxyl groups excluding tert-OH is 1. The highest BCUT2D eigenvalue weighted by Gasteiger charge is 2.24. The third kappa shape index (κ3) is 3.56. The lowest BCUT2D eigenvalue weighted by atomic mass is 9.92. The first kappa shape index (κ1) is 12.1. The van der Waals surface area contributed by atoms with Gasteiger partial charge in [-0.05, 0) is 18.4 Å². The molecule has 1 aliphatic rings. The van der Waals surface area contributed by atoms with Crippen LogP contribution < -0.4 is 5.32 Å². The molecule has 0 radical (unpaired) electrons. The fraction of sp³-hybridized carbons (Fsp3) is 0.500. The van der Waals surface area contributed by atoms with Gasteiger partial charge in [0.1, 0.15) is 0 Å². The van der Waals surface area contributed by atoms with Crippen molar-refractivity contribution in [1.29, 1.82) is 0 Å². The molecule has 1 aromatic rings. The zero-order chi connectivity index (χ0) is 12.1. The van der Waals surface area contributed by atoms with Crippen LogP contribution in [-0.4, -0.2) is 23.2 Å². The molecule has 2 atom stereocenters. The van der Waals surface area contributed by atoms with E-state index < -0.39 is 0 Å². The lowest BCUT2D eigenvalue weighted by Gasteiger charge is -2.28. The predicted molar refractivity (Wildman–Crippen MR) is 66.6 cm³/mol. The van der Waals surface area contributed by atoms with Gasteiger partial charge < -0.3 is 10.4 Å². The second kappa shape index (κ2) is 5.82. The molecule has 2 N–H and O–H groups in total. The molecule has 0 aliphatic heterocycles. The topological polar surface area (TPSA) is 49.3 Å². The molecule has 2 unspecified atom stereocenters. The van der Waals surface area contributed by atoms with Crippen LogP contribution in [0.1, 0.15) is 31.2 Å². The van der Waals surface area contributed by atoms with Crippen LogP contribution in [0.25, 0.3) is 0 Å². The van der Waals surface area contributed by atoms with Gasteiger partial charge in [-0.2, -0.15) is 0 Å². The van der Waals surface area contributed by atoms with Crippen LogP contribution in [0.2, 0.25) is 0 Å². The van der Waals surface area contributed by atoms with E-state index in [0.717, 1.165) is 31.2 Å². The van der Waals surface area contributed by atoms with Crippen LogP contribution in [0.4, 0.5) is 0 Å². The number of carbonyl (C=O) groups excluding carboxylic acids is 1. The molecule has 1 aliphatic carbocycles. The number of benzene rings is 1. The Morgan fingerprint density at radius 2 is 1.94 bits per heavy atom. The molecule has 0 bridgehead atoms. The Hall–Kier alpha value is -1.35. The highest BCUT2D eigenvalue weighted by Crippen LogP contribution is 2.18. The van der Waals surface area contributed by atoms with Gasteiger partial charge >= 0.3 is 0 Å². The van der Waals surface area contributed by atoms with Gasteiger partial charge in [0.25, 0.3) is 0 Å². The second-order valence-electron chi connectivity index (χ2n) is 4.69. The summed E-state index contributed by atoms with van der Waals surface area (Å²) in [5.41, 5.74) is 1.01. The van der Waals surface area contributed by atoms with Gasteiger partial charge in [-0.3, -0.25) is 4.79 Å². The molecule has 3 heteroatoms. The number of amides is 1. The molecular formula is C14H19NO2. The molecule has 1 fully saturated rings. The lowest BCUT2D eigenvalue weighted by Crippen LogP contribution is -2.45. The van der Waals surface area contributed by atoms with Crippen molar-refractivity contribution >= 4 is 5.91 Å². The summed E-state index contributed by atoms with van der Waals surface area (Å²) in [5, 5.41) is 12.7. The van der Waals surface area contributed by atoms with Gasteiger partial charge in [-0.1, -0.05) is 43.2 Å².